The molecule has 0 bridgehead atoms. The van der Waals surface area contributed by atoms with E-state index in [0.717, 1.165) is 70.3 Å². The molecular formula is C24H26N6S. The van der Waals surface area contributed by atoms with E-state index in [1.165, 1.54) is 0 Å². The first kappa shape index (κ1) is 20.0. The van der Waals surface area contributed by atoms with Gasteiger partial charge in [-0.1, -0.05) is 19.1 Å². The lowest BCUT2D eigenvalue weighted by molar-refractivity contribution is 0.315. The molecule has 4 aromatic rings. The Bertz CT molecular complexity index is 1330. The first-order chi connectivity index (χ1) is 15.0. The maximum absolute atomic E-state index is 10.1. The third-order valence-corrected chi connectivity index (χ3v) is 7.38. The van der Waals surface area contributed by atoms with E-state index < -0.39 is 0 Å². The van der Waals surface area contributed by atoms with Crippen molar-refractivity contribution in [2.24, 2.45) is 0 Å². The van der Waals surface area contributed by atoms with Crippen LogP contribution in [0.2, 0.25) is 0 Å². The monoisotopic (exact) mass is 430 g/mol. The van der Waals surface area contributed by atoms with Gasteiger partial charge in [0.05, 0.1) is 27.3 Å². The quantitative estimate of drug-likeness (QED) is 0.477. The number of hydrogen-bond acceptors (Lipinski definition) is 6. The maximum atomic E-state index is 10.1. The maximum Gasteiger partial charge on any atom is 0.157 e. The third kappa shape index (κ3) is 3.10. The molecule has 0 saturated carbocycles. The van der Waals surface area contributed by atoms with Crippen molar-refractivity contribution >= 4 is 33.8 Å². The number of pyridine rings is 1. The topological polar surface area (TPSA) is 60.5 Å². The summed E-state index contributed by atoms with van der Waals surface area (Å²) in [5.74, 6) is 1.11. The van der Waals surface area contributed by atoms with Gasteiger partial charge in [0, 0.05) is 30.1 Å². The lowest BCUT2D eigenvalue weighted by atomic mass is 10.0. The largest absolute Gasteiger partial charge is 0.355 e. The molecule has 0 unspecified atom stereocenters. The van der Waals surface area contributed by atoms with Gasteiger partial charge >= 0.3 is 0 Å². The summed E-state index contributed by atoms with van der Waals surface area (Å²) in [6.07, 6.45) is 2.02. The van der Waals surface area contributed by atoms with Crippen LogP contribution in [-0.2, 0) is 6.42 Å². The second kappa shape index (κ2) is 7.63. The van der Waals surface area contributed by atoms with Crippen LogP contribution < -0.4 is 4.90 Å². The number of nitriles is 1. The van der Waals surface area contributed by atoms with Crippen molar-refractivity contribution < 1.29 is 0 Å². The Hall–Kier alpha value is -2.95. The fourth-order valence-electron chi connectivity index (χ4n) is 4.66. The van der Waals surface area contributed by atoms with E-state index in [4.69, 9.17) is 9.97 Å². The zero-order valence-corrected chi connectivity index (χ0v) is 19.2. The van der Waals surface area contributed by atoms with E-state index in [2.05, 4.69) is 52.7 Å². The van der Waals surface area contributed by atoms with E-state index in [1.807, 2.05) is 25.1 Å². The molecule has 31 heavy (non-hydrogen) atoms. The summed E-state index contributed by atoms with van der Waals surface area (Å²) in [6, 6.07) is 11.1. The minimum absolute atomic E-state index is 0.496. The molecule has 1 atom stereocenters. The fourth-order valence-corrected chi connectivity index (χ4v) is 5.40. The van der Waals surface area contributed by atoms with Crippen LogP contribution in [-0.4, -0.2) is 52.5 Å². The molecule has 0 spiro atoms. The van der Waals surface area contributed by atoms with E-state index >= 15 is 0 Å². The van der Waals surface area contributed by atoms with Crippen molar-refractivity contribution in [3.63, 3.8) is 0 Å². The first-order valence-corrected chi connectivity index (χ1v) is 11.6. The standard InChI is InChI=1S/C24H26N6S/c1-5-21-26-19(14-31-21)22-15(2)17(12-25)23-27-18-8-6-7-9-20(18)30(23)24(22)29-11-10-16(13-29)28(3)4/h6-9,14,16H,5,10-11,13H2,1-4H3/t16-/m0/s1. The summed E-state index contributed by atoms with van der Waals surface area (Å²) >= 11 is 1.69. The van der Waals surface area contributed by atoms with E-state index in [0.29, 0.717) is 11.6 Å². The average Bonchev–Trinajstić information content (AvgIpc) is 3.50. The minimum atomic E-state index is 0.496. The Morgan fingerprint density at radius 2 is 2.06 bits per heavy atom. The molecule has 0 radical (unpaired) electrons. The molecule has 0 amide bonds. The Morgan fingerprint density at radius 3 is 2.74 bits per heavy atom. The highest BCUT2D eigenvalue weighted by atomic mass is 32.1. The van der Waals surface area contributed by atoms with E-state index in [1.54, 1.807) is 11.3 Å². The molecule has 1 saturated heterocycles. The smallest absolute Gasteiger partial charge is 0.157 e. The minimum Gasteiger partial charge on any atom is -0.355 e. The number of fused-ring (bicyclic) bond motifs is 3. The van der Waals surface area contributed by atoms with Gasteiger partial charge in [-0.05, 0) is 51.6 Å². The molecule has 0 N–H and O–H groups in total. The number of benzene rings is 1. The fraction of sp³-hybridized carbons (Fsp3) is 0.375. The number of hydrogen-bond donors (Lipinski definition) is 0. The van der Waals surface area contributed by atoms with Crippen molar-refractivity contribution in [1.82, 2.24) is 19.3 Å². The molecule has 1 aromatic carbocycles. The molecule has 6 nitrogen and oxygen atoms in total. The highest BCUT2D eigenvalue weighted by Crippen LogP contribution is 2.41. The normalized spacial score (nSPS) is 16.6. The van der Waals surface area contributed by atoms with Crippen LogP contribution in [0, 0.1) is 18.3 Å². The van der Waals surface area contributed by atoms with Gasteiger partial charge in [0.1, 0.15) is 11.9 Å². The van der Waals surface area contributed by atoms with Crippen LogP contribution in [0.15, 0.2) is 29.6 Å². The average molecular weight is 431 g/mol. The van der Waals surface area contributed by atoms with Gasteiger partial charge in [-0.25, -0.2) is 9.97 Å². The number of aryl methyl sites for hydroxylation is 1. The Morgan fingerprint density at radius 1 is 1.26 bits per heavy atom. The third-order valence-electron chi connectivity index (χ3n) is 6.39. The molecule has 0 aliphatic carbocycles. The summed E-state index contributed by atoms with van der Waals surface area (Å²) in [5.41, 5.74) is 6.28. The summed E-state index contributed by atoms with van der Waals surface area (Å²) in [7, 11) is 4.30. The summed E-state index contributed by atoms with van der Waals surface area (Å²) in [6.45, 7) is 6.08. The second-order valence-corrected chi connectivity index (χ2v) is 9.34. The van der Waals surface area contributed by atoms with Crippen LogP contribution in [0.3, 0.4) is 0 Å². The molecule has 1 fully saturated rings. The van der Waals surface area contributed by atoms with Crippen LogP contribution in [0.4, 0.5) is 5.82 Å². The number of para-hydroxylation sites is 2. The number of thiazole rings is 1. The number of rotatable bonds is 4. The molecule has 158 valence electrons. The van der Waals surface area contributed by atoms with E-state index in [-0.39, 0.29) is 0 Å². The lowest BCUT2D eigenvalue weighted by Crippen LogP contribution is -2.32. The van der Waals surface area contributed by atoms with Gasteiger partial charge in [0.25, 0.3) is 0 Å². The predicted octanol–water partition coefficient (Wildman–Crippen LogP) is 4.49. The number of anilines is 1. The summed E-state index contributed by atoms with van der Waals surface area (Å²) in [4.78, 5) is 14.6. The van der Waals surface area contributed by atoms with Gasteiger partial charge in [0.2, 0.25) is 0 Å². The van der Waals surface area contributed by atoms with Crippen molar-refractivity contribution in [2.45, 2.75) is 32.7 Å². The number of imidazole rings is 1. The molecule has 5 rings (SSSR count). The zero-order valence-electron chi connectivity index (χ0n) is 18.4. The molecule has 1 aliphatic rings. The zero-order chi connectivity index (χ0) is 21.7. The summed E-state index contributed by atoms with van der Waals surface area (Å²) in [5, 5.41) is 13.3. The van der Waals surface area contributed by atoms with Crippen molar-refractivity contribution in [1.29, 1.82) is 5.26 Å². The lowest BCUT2D eigenvalue weighted by Gasteiger charge is -2.26. The Balaban J connectivity index is 1.88. The SMILES string of the molecule is CCc1nc(-c2c(C)c(C#N)c3nc4ccccc4n3c2N2CC[C@H](N(C)C)C2)cs1. The van der Waals surface area contributed by atoms with Crippen molar-refractivity contribution in [3.05, 3.63) is 45.8 Å². The van der Waals surface area contributed by atoms with Crippen LogP contribution >= 0.6 is 11.3 Å². The highest BCUT2D eigenvalue weighted by Gasteiger charge is 2.31. The van der Waals surface area contributed by atoms with Gasteiger partial charge in [-0.2, -0.15) is 5.26 Å². The molecule has 1 aliphatic heterocycles. The second-order valence-electron chi connectivity index (χ2n) is 8.40. The molecule has 3 aromatic heterocycles. The Kier molecular flexibility index (Phi) is 4.92. The van der Waals surface area contributed by atoms with Crippen molar-refractivity contribution in [3.8, 4) is 17.3 Å². The van der Waals surface area contributed by atoms with Crippen LogP contribution in [0.25, 0.3) is 27.9 Å². The van der Waals surface area contributed by atoms with E-state index in [9.17, 15) is 5.26 Å². The molecule has 7 heteroatoms. The van der Waals surface area contributed by atoms with Gasteiger partial charge in [0.15, 0.2) is 5.65 Å². The van der Waals surface area contributed by atoms with Crippen LogP contribution in [0.1, 0.15) is 29.5 Å². The van der Waals surface area contributed by atoms with Crippen LogP contribution in [0.5, 0.6) is 0 Å². The number of aromatic nitrogens is 3. The first-order valence-electron chi connectivity index (χ1n) is 10.7. The predicted molar refractivity (Wildman–Crippen MR) is 127 cm³/mol. The highest BCUT2D eigenvalue weighted by molar-refractivity contribution is 7.09. The molecular weight excluding hydrogens is 404 g/mol. The Labute approximate surface area is 186 Å². The van der Waals surface area contributed by atoms with Gasteiger partial charge in [-0.3, -0.25) is 4.40 Å². The molecule has 4 heterocycles. The number of nitrogens with zero attached hydrogens (tertiary/aromatic N) is 6. The van der Waals surface area contributed by atoms with Gasteiger partial charge < -0.3 is 9.80 Å². The van der Waals surface area contributed by atoms with Crippen molar-refractivity contribution in [2.75, 3.05) is 32.1 Å². The summed E-state index contributed by atoms with van der Waals surface area (Å²) < 4.78 is 2.19. The number of likely N-dealkylation sites (N-methyl/N-ethyl adjacent to an activating group) is 1. The van der Waals surface area contributed by atoms with Gasteiger partial charge in [-0.15, -0.1) is 11.3 Å².